The number of amides is 1. The second-order valence-corrected chi connectivity index (χ2v) is 3.87. The van der Waals surface area contributed by atoms with Crippen LogP contribution in [-0.2, 0) is 4.79 Å². The van der Waals surface area contributed by atoms with Crippen LogP contribution in [0.3, 0.4) is 0 Å². The van der Waals surface area contributed by atoms with E-state index >= 15 is 0 Å². The number of nitrogens with zero attached hydrogens (tertiary/aromatic N) is 1. The van der Waals surface area contributed by atoms with Crippen molar-refractivity contribution in [1.29, 1.82) is 0 Å². The molecule has 0 fully saturated rings. The summed E-state index contributed by atoms with van der Waals surface area (Å²) in [5.41, 5.74) is 5.24. The molecule has 0 aliphatic carbocycles. The molecule has 1 aromatic rings. The van der Waals surface area contributed by atoms with Gasteiger partial charge in [0, 0.05) is 18.0 Å². The van der Waals surface area contributed by atoms with Crippen LogP contribution in [-0.4, -0.2) is 30.1 Å². The predicted molar refractivity (Wildman–Crippen MR) is 68.0 cm³/mol. The molecule has 0 aliphatic rings. The molecule has 0 aromatic heterocycles. The Kier molecular flexibility index (Phi) is 5.79. The van der Waals surface area contributed by atoms with Crippen LogP contribution in [0.25, 0.3) is 0 Å². The Bertz CT molecular complexity index is 437. The quantitative estimate of drug-likeness (QED) is 0.311. The molecule has 0 saturated heterocycles. The Hall–Kier alpha value is -1.95. The fourth-order valence-electron chi connectivity index (χ4n) is 1.14. The highest BCUT2D eigenvalue weighted by atomic mass is 35.5. The number of carbonyl (C=O) groups excluding carboxylic acids is 1. The third-order valence-electron chi connectivity index (χ3n) is 2.00. The average Bonchev–Trinajstić information content (AvgIpc) is 2.36. The van der Waals surface area contributed by atoms with E-state index in [4.69, 9.17) is 27.3 Å². The van der Waals surface area contributed by atoms with Crippen molar-refractivity contribution in [3.05, 3.63) is 29.3 Å². The van der Waals surface area contributed by atoms with Crippen molar-refractivity contribution in [2.24, 2.45) is 10.9 Å². The van der Waals surface area contributed by atoms with Crippen molar-refractivity contribution < 1.29 is 14.7 Å². The first-order valence-corrected chi connectivity index (χ1v) is 5.61. The van der Waals surface area contributed by atoms with E-state index in [0.717, 1.165) is 0 Å². The number of hydrogen-bond acceptors (Lipinski definition) is 4. The molecule has 6 nitrogen and oxygen atoms in total. The van der Waals surface area contributed by atoms with E-state index in [0.29, 0.717) is 10.8 Å². The van der Waals surface area contributed by atoms with Crippen molar-refractivity contribution in [3.63, 3.8) is 0 Å². The van der Waals surface area contributed by atoms with Crippen molar-refractivity contribution in [1.82, 2.24) is 5.32 Å². The zero-order chi connectivity index (χ0) is 13.4. The zero-order valence-corrected chi connectivity index (χ0v) is 10.4. The predicted octanol–water partition coefficient (Wildman–Crippen LogP) is 0.972. The second kappa shape index (κ2) is 7.39. The van der Waals surface area contributed by atoms with E-state index in [1.165, 1.54) is 0 Å². The van der Waals surface area contributed by atoms with Crippen LogP contribution in [0.4, 0.5) is 0 Å². The molecule has 0 saturated carbocycles. The third kappa shape index (κ3) is 5.40. The number of rotatable bonds is 6. The highest BCUT2D eigenvalue weighted by Crippen LogP contribution is 2.16. The number of benzene rings is 1. The van der Waals surface area contributed by atoms with Crippen LogP contribution >= 0.6 is 11.6 Å². The van der Waals surface area contributed by atoms with E-state index < -0.39 is 0 Å². The number of halogens is 1. The number of carbonyl (C=O) groups is 1. The summed E-state index contributed by atoms with van der Waals surface area (Å²) in [7, 11) is 0. The summed E-state index contributed by atoms with van der Waals surface area (Å²) < 4.78 is 5.23. The van der Waals surface area contributed by atoms with Gasteiger partial charge < -0.3 is 21.0 Å². The third-order valence-corrected chi connectivity index (χ3v) is 2.23. The van der Waals surface area contributed by atoms with Gasteiger partial charge in [0.15, 0.2) is 6.61 Å². The molecule has 0 radical (unpaired) electrons. The maximum Gasteiger partial charge on any atom is 0.257 e. The first-order chi connectivity index (χ1) is 8.61. The van der Waals surface area contributed by atoms with Gasteiger partial charge in [0.05, 0.1) is 0 Å². The van der Waals surface area contributed by atoms with Crippen LogP contribution in [0.15, 0.2) is 29.4 Å². The van der Waals surface area contributed by atoms with Gasteiger partial charge in [-0.1, -0.05) is 22.8 Å². The van der Waals surface area contributed by atoms with Gasteiger partial charge in [0.2, 0.25) is 0 Å². The van der Waals surface area contributed by atoms with Gasteiger partial charge in [-0.25, -0.2) is 0 Å². The minimum atomic E-state index is -0.291. The SMILES string of the molecule is NC(CCNC(=O)COc1cccc(Cl)c1)=NO. The molecular formula is C11H14ClN3O3. The van der Waals surface area contributed by atoms with Gasteiger partial charge in [-0.3, -0.25) is 4.79 Å². The lowest BCUT2D eigenvalue weighted by Gasteiger charge is -2.07. The second-order valence-electron chi connectivity index (χ2n) is 3.44. The molecule has 0 atom stereocenters. The Morgan fingerprint density at radius 2 is 2.33 bits per heavy atom. The van der Waals surface area contributed by atoms with Gasteiger partial charge in [0.25, 0.3) is 5.91 Å². The lowest BCUT2D eigenvalue weighted by molar-refractivity contribution is -0.123. The lowest BCUT2D eigenvalue weighted by Crippen LogP contribution is -2.31. The Morgan fingerprint density at radius 3 is 3.00 bits per heavy atom. The van der Waals surface area contributed by atoms with E-state index in [2.05, 4.69) is 10.5 Å². The average molecular weight is 272 g/mol. The summed E-state index contributed by atoms with van der Waals surface area (Å²) in [6.07, 6.45) is 0.277. The van der Waals surface area contributed by atoms with Gasteiger partial charge in [-0.05, 0) is 18.2 Å². The standard InChI is InChI=1S/C11H14ClN3O3/c12-8-2-1-3-9(6-8)18-7-11(16)14-5-4-10(13)15-17/h1-3,6,17H,4-5,7H2,(H2,13,15)(H,14,16). The number of hydrogen-bond donors (Lipinski definition) is 3. The highest BCUT2D eigenvalue weighted by Gasteiger charge is 2.03. The van der Waals surface area contributed by atoms with Crippen LogP contribution in [0.5, 0.6) is 5.75 Å². The molecule has 98 valence electrons. The maximum absolute atomic E-state index is 11.4. The number of amidine groups is 1. The van der Waals surface area contributed by atoms with Gasteiger partial charge in [-0.15, -0.1) is 0 Å². The summed E-state index contributed by atoms with van der Waals surface area (Å²) in [5.74, 6) is 0.292. The van der Waals surface area contributed by atoms with E-state index in [-0.39, 0.29) is 31.3 Å². The van der Waals surface area contributed by atoms with Crippen molar-refractivity contribution in [2.75, 3.05) is 13.2 Å². The van der Waals surface area contributed by atoms with E-state index in [1.807, 2.05) is 0 Å². The van der Waals surface area contributed by atoms with Crippen LogP contribution in [0.1, 0.15) is 6.42 Å². The highest BCUT2D eigenvalue weighted by molar-refractivity contribution is 6.30. The number of nitrogens with two attached hydrogens (primary N) is 1. The van der Waals surface area contributed by atoms with Crippen LogP contribution in [0.2, 0.25) is 5.02 Å². The molecule has 4 N–H and O–H groups in total. The number of nitrogens with one attached hydrogen (secondary N) is 1. The topological polar surface area (TPSA) is 96.9 Å². The smallest absolute Gasteiger partial charge is 0.257 e. The monoisotopic (exact) mass is 271 g/mol. The van der Waals surface area contributed by atoms with Crippen molar-refractivity contribution >= 4 is 23.3 Å². The number of oxime groups is 1. The molecular weight excluding hydrogens is 258 g/mol. The van der Waals surface area contributed by atoms with Gasteiger partial charge in [-0.2, -0.15) is 0 Å². The van der Waals surface area contributed by atoms with Gasteiger partial charge >= 0.3 is 0 Å². The fourth-order valence-corrected chi connectivity index (χ4v) is 1.32. The summed E-state index contributed by atoms with van der Waals surface area (Å²) >= 11 is 5.76. The molecule has 7 heteroatoms. The molecule has 1 rings (SSSR count). The Morgan fingerprint density at radius 1 is 1.56 bits per heavy atom. The normalized spacial score (nSPS) is 11.1. The molecule has 0 bridgehead atoms. The first-order valence-electron chi connectivity index (χ1n) is 5.23. The molecule has 1 aromatic carbocycles. The maximum atomic E-state index is 11.4. The number of ether oxygens (including phenoxy) is 1. The molecule has 0 aliphatic heterocycles. The minimum absolute atomic E-state index is 0.0612. The van der Waals surface area contributed by atoms with Crippen molar-refractivity contribution in [3.8, 4) is 5.75 Å². The fraction of sp³-hybridized carbons (Fsp3) is 0.273. The Balaban J connectivity index is 2.25. The largest absolute Gasteiger partial charge is 0.484 e. The molecule has 0 spiro atoms. The van der Waals surface area contributed by atoms with Crippen molar-refractivity contribution in [2.45, 2.75) is 6.42 Å². The summed E-state index contributed by atoms with van der Waals surface area (Å²) in [6.45, 7) is 0.171. The lowest BCUT2D eigenvalue weighted by atomic mass is 10.3. The van der Waals surface area contributed by atoms with E-state index in [1.54, 1.807) is 24.3 Å². The molecule has 0 unspecified atom stereocenters. The first kappa shape index (κ1) is 14.1. The summed E-state index contributed by atoms with van der Waals surface area (Å²) in [5, 5.41) is 14.2. The summed E-state index contributed by atoms with van der Waals surface area (Å²) in [4.78, 5) is 11.4. The minimum Gasteiger partial charge on any atom is -0.484 e. The van der Waals surface area contributed by atoms with Crippen LogP contribution in [0, 0.1) is 0 Å². The molecule has 0 heterocycles. The van der Waals surface area contributed by atoms with Gasteiger partial charge in [0.1, 0.15) is 11.6 Å². The van der Waals surface area contributed by atoms with Crippen LogP contribution < -0.4 is 15.8 Å². The Labute approximate surface area is 109 Å². The molecule has 18 heavy (non-hydrogen) atoms. The van der Waals surface area contributed by atoms with E-state index in [9.17, 15) is 4.79 Å². The molecule has 1 amide bonds. The summed E-state index contributed by atoms with van der Waals surface area (Å²) in [6, 6.07) is 6.76. The zero-order valence-electron chi connectivity index (χ0n) is 9.60.